The van der Waals surface area contributed by atoms with Gasteiger partial charge in [-0.05, 0) is 30.3 Å². The van der Waals surface area contributed by atoms with Crippen molar-refractivity contribution >= 4 is 23.5 Å². The minimum atomic E-state index is -0.187. The third-order valence-corrected chi connectivity index (χ3v) is 4.64. The summed E-state index contributed by atoms with van der Waals surface area (Å²) in [6, 6.07) is 24.7. The first-order chi connectivity index (χ1) is 14.2. The highest BCUT2D eigenvalue weighted by molar-refractivity contribution is 6.33. The molecule has 0 spiro atoms. The van der Waals surface area contributed by atoms with Gasteiger partial charge in [0.1, 0.15) is 23.0 Å². The molecule has 0 aromatic heterocycles. The zero-order chi connectivity index (χ0) is 20.2. The number of carbonyl (C=O) groups is 1. The van der Waals surface area contributed by atoms with E-state index in [4.69, 9.17) is 9.47 Å². The first kappa shape index (κ1) is 18.5. The number of amidine groups is 1. The van der Waals surface area contributed by atoms with Gasteiger partial charge in [0.05, 0.1) is 19.9 Å². The maximum atomic E-state index is 13.3. The van der Waals surface area contributed by atoms with Gasteiger partial charge < -0.3 is 9.47 Å². The minimum Gasteiger partial charge on any atom is -0.497 e. The number of methoxy groups -OCH3 is 2. The number of rotatable bonds is 5. The Morgan fingerprint density at radius 3 is 2.21 bits per heavy atom. The normalized spacial score (nSPS) is 14.8. The maximum Gasteiger partial charge on any atom is 0.282 e. The number of amides is 1. The van der Waals surface area contributed by atoms with Crippen molar-refractivity contribution in [2.24, 2.45) is 4.99 Å². The number of para-hydroxylation sites is 1. The zero-order valence-corrected chi connectivity index (χ0v) is 16.2. The van der Waals surface area contributed by atoms with E-state index in [1.807, 2.05) is 72.8 Å². The predicted octanol–water partition coefficient (Wildman–Crippen LogP) is 4.54. The first-order valence-corrected chi connectivity index (χ1v) is 9.18. The summed E-state index contributed by atoms with van der Waals surface area (Å²) in [5.74, 6) is 1.70. The van der Waals surface area contributed by atoms with Gasteiger partial charge in [-0.25, -0.2) is 4.99 Å². The Morgan fingerprint density at radius 1 is 0.862 bits per heavy atom. The summed E-state index contributed by atoms with van der Waals surface area (Å²) < 4.78 is 10.7. The molecule has 3 aromatic carbocycles. The highest BCUT2D eigenvalue weighted by Gasteiger charge is 2.32. The molecule has 1 amide bonds. The average Bonchev–Trinajstić information content (AvgIpc) is 3.11. The summed E-state index contributed by atoms with van der Waals surface area (Å²) >= 11 is 0. The van der Waals surface area contributed by atoms with Crippen LogP contribution in [0.4, 0.5) is 5.69 Å². The van der Waals surface area contributed by atoms with E-state index in [0.717, 1.165) is 16.8 Å². The predicted molar refractivity (Wildman–Crippen MR) is 114 cm³/mol. The van der Waals surface area contributed by atoms with Crippen LogP contribution in [0, 0.1) is 0 Å². The van der Waals surface area contributed by atoms with Gasteiger partial charge in [-0.1, -0.05) is 48.5 Å². The van der Waals surface area contributed by atoms with Crippen LogP contribution >= 0.6 is 0 Å². The lowest BCUT2D eigenvalue weighted by Crippen LogP contribution is -2.32. The smallest absolute Gasteiger partial charge is 0.282 e. The number of aliphatic imine (C=N–C) groups is 1. The molecule has 0 bridgehead atoms. The summed E-state index contributed by atoms with van der Waals surface area (Å²) in [7, 11) is 3.18. The number of anilines is 1. The van der Waals surface area contributed by atoms with Crippen LogP contribution in [-0.4, -0.2) is 26.0 Å². The fourth-order valence-corrected chi connectivity index (χ4v) is 3.20. The van der Waals surface area contributed by atoms with Crippen molar-refractivity contribution in [3.05, 3.63) is 95.7 Å². The van der Waals surface area contributed by atoms with Crippen molar-refractivity contribution in [2.75, 3.05) is 19.1 Å². The van der Waals surface area contributed by atoms with E-state index in [2.05, 4.69) is 4.99 Å². The van der Waals surface area contributed by atoms with Crippen LogP contribution in [0.25, 0.3) is 6.08 Å². The quantitative estimate of drug-likeness (QED) is 0.607. The fraction of sp³-hybridized carbons (Fsp3) is 0.0833. The Hall–Kier alpha value is -3.86. The number of ether oxygens (including phenoxy) is 2. The largest absolute Gasteiger partial charge is 0.497 e. The van der Waals surface area contributed by atoms with Crippen molar-refractivity contribution in [1.29, 1.82) is 0 Å². The van der Waals surface area contributed by atoms with E-state index in [-0.39, 0.29) is 5.91 Å². The second-order valence-electron chi connectivity index (χ2n) is 6.42. The third kappa shape index (κ3) is 3.62. The monoisotopic (exact) mass is 384 g/mol. The molecule has 0 radical (unpaired) electrons. The van der Waals surface area contributed by atoms with E-state index >= 15 is 0 Å². The number of carbonyl (C=O) groups excluding carboxylic acids is 1. The molecule has 0 saturated heterocycles. The van der Waals surface area contributed by atoms with Crippen molar-refractivity contribution in [3.63, 3.8) is 0 Å². The number of nitrogens with zero attached hydrogens (tertiary/aromatic N) is 2. The highest BCUT2D eigenvalue weighted by Crippen LogP contribution is 2.31. The Morgan fingerprint density at radius 2 is 1.55 bits per heavy atom. The molecule has 1 aliphatic heterocycles. The van der Waals surface area contributed by atoms with E-state index in [1.54, 1.807) is 31.3 Å². The summed E-state index contributed by atoms with van der Waals surface area (Å²) in [4.78, 5) is 19.6. The Balaban J connectivity index is 1.82. The molecule has 1 heterocycles. The number of hydrogen-bond acceptors (Lipinski definition) is 4. The van der Waals surface area contributed by atoms with Crippen molar-refractivity contribution in [2.45, 2.75) is 0 Å². The van der Waals surface area contributed by atoms with Crippen LogP contribution in [0.5, 0.6) is 11.5 Å². The van der Waals surface area contributed by atoms with Gasteiger partial charge in [-0.3, -0.25) is 9.69 Å². The molecule has 0 fully saturated rings. The van der Waals surface area contributed by atoms with Gasteiger partial charge in [0.15, 0.2) is 0 Å². The maximum absolute atomic E-state index is 13.3. The van der Waals surface area contributed by atoms with Crippen LogP contribution in [0.15, 0.2) is 89.6 Å². The molecule has 5 nitrogen and oxygen atoms in total. The first-order valence-electron chi connectivity index (χ1n) is 9.18. The zero-order valence-electron chi connectivity index (χ0n) is 16.2. The summed E-state index contributed by atoms with van der Waals surface area (Å²) in [6.45, 7) is 0. The van der Waals surface area contributed by atoms with Gasteiger partial charge in [0.25, 0.3) is 5.91 Å². The molecule has 144 valence electrons. The molecule has 0 atom stereocenters. The van der Waals surface area contributed by atoms with Gasteiger partial charge in [0, 0.05) is 17.2 Å². The molecule has 4 rings (SSSR count). The SMILES string of the molecule is COc1ccc(C=C2N=C(c3ccccc3)N(c3ccccc3)C2=O)c(OC)c1. The van der Waals surface area contributed by atoms with E-state index in [1.165, 1.54) is 0 Å². The van der Waals surface area contributed by atoms with Crippen LogP contribution < -0.4 is 14.4 Å². The van der Waals surface area contributed by atoms with Crippen LogP contribution in [0.2, 0.25) is 0 Å². The average molecular weight is 384 g/mol. The lowest BCUT2D eigenvalue weighted by molar-refractivity contribution is -0.113. The minimum absolute atomic E-state index is 0.187. The topological polar surface area (TPSA) is 51.1 Å². The molecule has 29 heavy (non-hydrogen) atoms. The lowest BCUT2D eigenvalue weighted by Gasteiger charge is -2.18. The van der Waals surface area contributed by atoms with Crippen molar-refractivity contribution in [3.8, 4) is 11.5 Å². The third-order valence-electron chi connectivity index (χ3n) is 4.64. The van der Waals surface area contributed by atoms with E-state index in [9.17, 15) is 4.79 Å². The second-order valence-corrected chi connectivity index (χ2v) is 6.42. The van der Waals surface area contributed by atoms with Gasteiger partial charge in [-0.2, -0.15) is 0 Å². The lowest BCUT2D eigenvalue weighted by atomic mass is 10.1. The number of hydrogen-bond donors (Lipinski definition) is 0. The molecule has 1 aliphatic rings. The second kappa shape index (κ2) is 8.02. The Kier molecular flexibility index (Phi) is 5.12. The van der Waals surface area contributed by atoms with E-state index in [0.29, 0.717) is 23.0 Å². The fourth-order valence-electron chi connectivity index (χ4n) is 3.20. The number of benzene rings is 3. The summed E-state index contributed by atoms with van der Waals surface area (Å²) in [5, 5.41) is 0. The van der Waals surface area contributed by atoms with Gasteiger partial charge in [0.2, 0.25) is 0 Å². The standard InChI is InChI=1S/C24H20N2O3/c1-28-20-14-13-18(22(16-20)29-2)15-21-24(27)26(19-11-7-4-8-12-19)23(25-21)17-9-5-3-6-10-17/h3-16H,1-2H3. The van der Waals surface area contributed by atoms with Crippen LogP contribution in [0.3, 0.4) is 0 Å². The Bertz CT molecular complexity index is 1090. The molecule has 3 aromatic rings. The van der Waals surface area contributed by atoms with Crippen LogP contribution in [0.1, 0.15) is 11.1 Å². The molecule has 0 unspecified atom stereocenters. The van der Waals surface area contributed by atoms with Gasteiger partial charge >= 0.3 is 0 Å². The molecular weight excluding hydrogens is 364 g/mol. The summed E-state index contributed by atoms with van der Waals surface area (Å²) in [5.41, 5.74) is 2.74. The van der Waals surface area contributed by atoms with Crippen LogP contribution in [-0.2, 0) is 4.79 Å². The highest BCUT2D eigenvalue weighted by atomic mass is 16.5. The molecule has 0 aliphatic carbocycles. The van der Waals surface area contributed by atoms with Crippen molar-refractivity contribution < 1.29 is 14.3 Å². The molecular formula is C24H20N2O3. The molecule has 0 N–H and O–H groups in total. The molecule has 5 heteroatoms. The Labute approximate surface area is 169 Å². The van der Waals surface area contributed by atoms with Crippen molar-refractivity contribution in [1.82, 2.24) is 0 Å². The summed E-state index contributed by atoms with van der Waals surface area (Å²) in [6.07, 6.45) is 1.74. The van der Waals surface area contributed by atoms with E-state index < -0.39 is 0 Å². The molecule has 0 saturated carbocycles. The van der Waals surface area contributed by atoms with Gasteiger partial charge in [-0.15, -0.1) is 0 Å².